The maximum atomic E-state index is 5.14. The highest BCUT2D eigenvalue weighted by Crippen LogP contribution is 2.61. The fourth-order valence-corrected chi connectivity index (χ4v) is 5.55. The van der Waals surface area contributed by atoms with Crippen LogP contribution in [0.2, 0.25) is 0 Å². The molecule has 1 aliphatic carbocycles. The lowest BCUT2D eigenvalue weighted by atomic mass is 9.59. The lowest BCUT2D eigenvalue weighted by molar-refractivity contribution is 0.125. The molecule has 156 valence electrons. The monoisotopic (exact) mass is 399 g/mol. The van der Waals surface area contributed by atoms with Crippen molar-refractivity contribution in [1.29, 1.82) is 0 Å². The largest absolute Gasteiger partial charge is 0.299 e. The van der Waals surface area contributed by atoms with E-state index in [1.54, 1.807) is 0 Å². The van der Waals surface area contributed by atoms with E-state index >= 15 is 0 Å². The zero-order valence-corrected chi connectivity index (χ0v) is 19.8. The minimum Gasteiger partial charge on any atom is -0.299 e. The van der Waals surface area contributed by atoms with Crippen LogP contribution in [0.1, 0.15) is 79.1 Å². The Morgan fingerprint density at radius 1 is 0.833 bits per heavy atom. The van der Waals surface area contributed by atoms with Crippen LogP contribution in [0.25, 0.3) is 27.5 Å². The van der Waals surface area contributed by atoms with Crippen LogP contribution in [-0.2, 0) is 16.2 Å². The van der Waals surface area contributed by atoms with Gasteiger partial charge in [0, 0.05) is 28.6 Å². The second kappa shape index (κ2) is 5.43. The summed E-state index contributed by atoms with van der Waals surface area (Å²) in [5.41, 5.74) is 7.64. The summed E-state index contributed by atoms with van der Waals surface area (Å²) in [6.45, 7) is 21.0. The number of imidazole rings is 1. The van der Waals surface area contributed by atoms with Crippen LogP contribution in [0.3, 0.4) is 0 Å². The van der Waals surface area contributed by atoms with Gasteiger partial charge in [0.1, 0.15) is 5.65 Å². The predicted octanol–water partition coefficient (Wildman–Crippen LogP) is 6.93. The van der Waals surface area contributed by atoms with Gasteiger partial charge in [-0.3, -0.25) is 9.38 Å². The minimum absolute atomic E-state index is 0.00925. The van der Waals surface area contributed by atoms with Crippen LogP contribution in [0.5, 0.6) is 0 Å². The molecule has 0 bridgehead atoms. The Balaban J connectivity index is 1.88. The zero-order valence-electron chi connectivity index (χ0n) is 19.8. The van der Waals surface area contributed by atoms with E-state index in [9.17, 15) is 0 Å². The van der Waals surface area contributed by atoms with Gasteiger partial charge in [0.15, 0.2) is 0 Å². The summed E-state index contributed by atoms with van der Waals surface area (Å²) in [4.78, 5) is 9.85. The third-order valence-corrected chi connectivity index (χ3v) is 8.63. The molecule has 0 radical (unpaired) electrons. The average Bonchev–Trinajstić information content (AvgIpc) is 3.07. The summed E-state index contributed by atoms with van der Waals surface area (Å²) >= 11 is 0. The average molecular weight is 400 g/mol. The highest BCUT2D eigenvalue weighted by molar-refractivity contribution is 5.99. The van der Waals surface area contributed by atoms with Crippen LogP contribution >= 0.6 is 0 Å². The van der Waals surface area contributed by atoms with Crippen molar-refractivity contribution in [2.45, 2.75) is 78.6 Å². The summed E-state index contributed by atoms with van der Waals surface area (Å²) < 4.78 is 2.26. The molecule has 0 saturated heterocycles. The lowest BCUT2D eigenvalue weighted by Gasteiger charge is -2.44. The van der Waals surface area contributed by atoms with Crippen molar-refractivity contribution in [2.24, 2.45) is 5.41 Å². The first-order valence-corrected chi connectivity index (χ1v) is 11.0. The quantitative estimate of drug-likeness (QED) is 0.321. The van der Waals surface area contributed by atoms with Gasteiger partial charge in [0.05, 0.1) is 16.7 Å². The van der Waals surface area contributed by atoms with E-state index < -0.39 is 0 Å². The Kier molecular flexibility index (Phi) is 3.54. The van der Waals surface area contributed by atoms with Crippen LogP contribution in [-0.4, -0.2) is 14.4 Å². The third kappa shape index (κ3) is 2.16. The van der Waals surface area contributed by atoms with Gasteiger partial charge in [-0.05, 0) is 51.6 Å². The Bertz CT molecular complexity index is 1340. The number of aromatic nitrogens is 3. The molecule has 1 aromatic carbocycles. The van der Waals surface area contributed by atoms with Gasteiger partial charge in [-0.15, -0.1) is 0 Å². The molecule has 3 heterocycles. The molecule has 0 fully saturated rings. The molecule has 3 aromatic heterocycles. The van der Waals surface area contributed by atoms with Gasteiger partial charge in [0.25, 0.3) is 0 Å². The first-order chi connectivity index (χ1) is 13.8. The molecule has 0 N–H and O–H groups in total. The Morgan fingerprint density at radius 2 is 1.47 bits per heavy atom. The molecule has 0 atom stereocenters. The standard InChI is InChI=1S/C27H33N3/c1-24(2,3)22-16-11-13-30-21-15-19-18(25(4,5)27(8,9)26(19,6)7)14-20(21)29-23(30)17(16)10-12-28-22/h10-15H,1-9H3. The van der Waals surface area contributed by atoms with Crippen molar-refractivity contribution >= 4 is 27.5 Å². The van der Waals surface area contributed by atoms with Gasteiger partial charge in [-0.25, -0.2) is 4.98 Å². The summed E-state index contributed by atoms with van der Waals surface area (Å²) in [6, 6.07) is 9.07. The number of hydrogen-bond acceptors (Lipinski definition) is 2. The SMILES string of the molecule is CC(C)(C)c1nccc2c1ccn1c3cc4c(cc3nc21)C(C)(C)C(C)(C)C4(C)C. The van der Waals surface area contributed by atoms with E-state index in [1.807, 2.05) is 6.20 Å². The Morgan fingerprint density at radius 3 is 2.10 bits per heavy atom. The normalized spacial score (nSPS) is 19.6. The number of nitrogens with zero attached hydrogens (tertiary/aromatic N) is 3. The number of rotatable bonds is 0. The fourth-order valence-electron chi connectivity index (χ4n) is 5.55. The molecular weight excluding hydrogens is 366 g/mol. The van der Waals surface area contributed by atoms with E-state index in [-0.39, 0.29) is 21.7 Å². The number of benzene rings is 1. The summed E-state index contributed by atoms with van der Waals surface area (Å²) in [7, 11) is 0. The number of fused-ring (bicyclic) bond motifs is 6. The topological polar surface area (TPSA) is 30.2 Å². The second-order valence-corrected chi connectivity index (χ2v) is 11.8. The maximum Gasteiger partial charge on any atom is 0.145 e. The molecule has 3 nitrogen and oxygen atoms in total. The van der Waals surface area contributed by atoms with Gasteiger partial charge in [-0.2, -0.15) is 0 Å². The molecule has 0 aliphatic heterocycles. The number of pyridine rings is 2. The van der Waals surface area contributed by atoms with E-state index in [4.69, 9.17) is 9.97 Å². The summed E-state index contributed by atoms with van der Waals surface area (Å²) in [6.07, 6.45) is 4.10. The molecule has 0 saturated carbocycles. The van der Waals surface area contributed by atoms with Gasteiger partial charge < -0.3 is 0 Å². The lowest BCUT2D eigenvalue weighted by Crippen LogP contribution is -2.42. The van der Waals surface area contributed by atoms with Crippen LogP contribution in [0.4, 0.5) is 0 Å². The van der Waals surface area contributed by atoms with Crippen molar-refractivity contribution in [3.63, 3.8) is 0 Å². The Hall–Kier alpha value is -2.42. The van der Waals surface area contributed by atoms with Gasteiger partial charge >= 0.3 is 0 Å². The minimum atomic E-state index is -0.00925. The van der Waals surface area contributed by atoms with Gasteiger partial charge in [-0.1, -0.05) is 62.3 Å². The van der Waals surface area contributed by atoms with Crippen molar-refractivity contribution in [3.8, 4) is 0 Å². The molecule has 3 heteroatoms. The smallest absolute Gasteiger partial charge is 0.145 e. The predicted molar refractivity (Wildman–Crippen MR) is 127 cm³/mol. The van der Waals surface area contributed by atoms with E-state index in [0.29, 0.717) is 0 Å². The van der Waals surface area contributed by atoms with Crippen molar-refractivity contribution in [2.75, 3.05) is 0 Å². The second-order valence-electron chi connectivity index (χ2n) is 11.8. The Labute approximate surface area is 179 Å². The molecule has 0 spiro atoms. The highest BCUT2D eigenvalue weighted by Gasteiger charge is 2.56. The van der Waals surface area contributed by atoms with Crippen LogP contribution in [0.15, 0.2) is 36.7 Å². The van der Waals surface area contributed by atoms with E-state index in [1.165, 1.54) is 27.4 Å². The van der Waals surface area contributed by atoms with E-state index in [2.05, 4.69) is 97.2 Å². The molecule has 5 rings (SSSR count). The van der Waals surface area contributed by atoms with Crippen LogP contribution < -0.4 is 0 Å². The van der Waals surface area contributed by atoms with Crippen molar-refractivity contribution in [1.82, 2.24) is 14.4 Å². The van der Waals surface area contributed by atoms with Gasteiger partial charge in [0.2, 0.25) is 0 Å². The summed E-state index contributed by atoms with van der Waals surface area (Å²) in [5.74, 6) is 0. The molecule has 30 heavy (non-hydrogen) atoms. The maximum absolute atomic E-state index is 5.14. The fraction of sp³-hybridized carbons (Fsp3) is 0.481. The molecular formula is C27H33N3. The molecule has 0 unspecified atom stereocenters. The van der Waals surface area contributed by atoms with Crippen LogP contribution in [0, 0.1) is 5.41 Å². The molecule has 4 aromatic rings. The molecule has 1 aliphatic rings. The first-order valence-electron chi connectivity index (χ1n) is 11.0. The third-order valence-electron chi connectivity index (χ3n) is 8.63. The summed E-state index contributed by atoms with van der Waals surface area (Å²) in [5, 5.41) is 2.37. The molecule has 0 amide bonds. The zero-order chi connectivity index (χ0) is 21.9. The van der Waals surface area contributed by atoms with Crippen molar-refractivity contribution < 1.29 is 0 Å². The van der Waals surface area contributed by atoms with E-state index in [0.717, 1.165) is 16.9 Å². The number of hydrogen-bond donors (Lipinski definition) is 0. The van der Waals surface area contributed by atoms with Crippen molar-refractivity contribution in [3.05, 3.63) is 53.5 Å². The highest BCUT2D eigenvalue weighted by atomic mass is 15.0. The first kappa shape index (κ1) is 19.5.